The van der Waals surface area contributed by atoms with Crippen LogP contribution < -0.4 is 11.1 Å². The van der Waals surface area contributed by atoms with Crippen LogP contribution in [0.3, 0.4) is 0 Å². The Morgan fingerprint density at radius 1 is 1.43 bits per heavy atom. The quantitative estimate of drug-likeness (QED) is 0.905. The Morgan fingerprint density at radius 3 is 3.05 bits per heavy atom. The minimum absolute atomic E-state index is 0.0197. The van der Waals surface area contributed by atoms with Gasteiger partial charge < -0.3 is 11.1 Å². The van der Waals surface area contributed by atoms with Crippen LogP contribution >= 0.6 is 22.9 Å². The first-order valence-corrected chi connectivity index (χ1v) is 8.49. The molecule has 4 nitrogen and oxygen atoms in total. The van der Waals surface area contributed by atoms with Crippen LogP contribution in [0.4, 0.5) is 5.69 Å². The summed E-state index contributed by atoms with van der Waals surface area (Å²) in [5.74, 6) is 0.272. The zero-order valence-electron chi connectivity index (χ0n) is 11.6. The molecule has 1 aliphatic rings. The number of halogens is 1. The largest absolute Gasteiger partial charge is 0.330 e. The van der Waals surface area contributed by atoms with Crippen molar-refractivity contribution in [1.29, 1.82) is 0 Å². The average molecular weight is 324 g/mol. The van der Waals surface area contributed by atoms with Crippen molar-refractivity contribution in [1.82, 2.24) is 4.98 Å². The van der Waals surface area contributed by atoms with Gasteiger partial charge in [0.2, 0.25) is 5.91 Å². The maximum atomic E-state index is 12.6. The predicted octanol–water partition coefficient (Wildman–Crippen LogP) is 3.65. The molecule has 3 rings (SSSR count). The van der Waals surface area contributed by atoms with Gasteiger partial charge in [-0.15, -0.1) is 11.3 Å². The predicted molar refractivity (Wildman–Crippen MR) is 87.8 cm³/mol. The van der Waals surface area contributed by atoms with Crippen molar-refractivity contribution in [3.05, 3.63) is 22.7 Å². The minimum Gasteiger partial charge on any atom is -0.330 e. The second-order valence-electron chi connectivity index (χ2n) is 5.50. The summed E-state index contributed by atoms with van der Waals surface area (Å²) >= 11 is 7.78. The van der Waals surface area contributed by atoms with E-state index in [1.807, 2.05) is 6.07 Å². The van der Waals surface area contributed by atoms with Crippen molar-refractivity contribution in [2.45, 2.75) is 25.7 Å². The number of fused-ring (bicyclic) bond motifs is 1. The fraction of sp³-hybridized carbons (Fsp3) is 0.467. The normalized spacial score (nSPS) is 22.4. The molecule has 1 amide bonds. The van der Waals surface area contributed by atoms with Gasteiger partial charge in [0.25, 0.3) is 0 Å². The Labute approximate surface area is 132 Å². The summed E-state index contributed by atoms with van der Waals surface area (Å²) in [6, 6.07) is 3.73. The van der Waals surface area contributed by atoms with Crippen LogP contribution in [0.15, 0.2) is 17.6 Å². The molecule has 112 valence electrons. The molecule has 1 saturated carbocycles. The fourth-order valence-electron chi connectivity index (χ4n) is 3.08. The van der Waals surface area contributed by atoms with Crippen LogP contribution in [0.1, 0.15) is 25.7 Å². The van der Waals surface area contributed by atoms with Gasteiger partial charge in [-0.05, 0) is 37.4 Å². The molecule has 1 aliphatic carbocycles. The van der Waals surface area contributed by atoms with Gasteiger partial charge in [0, 0.05) is 5.92 Å². The first-order valence-electron chi connectivity index (χ1n) is 7.23. The highest BCUT2D eigenvalue weighted by Gasteiger charge is 2.30. The van der Waals surface area contributed by atoms with E-state index < -0.39 is 0 Å². The van der Waals surface area contributed by atoms with E-state index in [4.69, 9.17) is 17.3 Å². The number of benzene rings is 1. The van der Waals surface area contributed by atoms with Crippen molar-refractivity contribution in [2.75, 3.05) is 11.9 Å². The lowest BCUT2D eigenvalue weighted by atomic mass is 9.78. The first-order chi connectivity index (χ1) is 10.2. The molecule has 2 unspecified atom stereocenters. The molecule has 1 aromatic heterocycles. The summed E-state index contributed by atoms with van der Waals surface area (Å²) in [6.45, 7) is 0.562. The van der Waals surface area contributed by atoms with E-state index >= 15 is 0 Å². The highest BCUT2D eigenvalue weighted by Crippen LogP contribution is 2.35. The lowest BCUT2D eigenvalue weighted by Crippen LogP contribution is -2.35. The number of aromatic nitrogens is 1. The van der Waals surface area contributed by atoms with Crippen LogP contribution in [-0.2, 0) is 4.79 Å². The summed E-state index contributed by atoms with van der Waals surface area (Å²) in [5, 5.41) is 3.52. The molecule has 2 atom stereocenters. The Hall–Kier alpha value is -1.17. The Morgan fingerprint density at radius 2 is 2.24 bits per heavy atom. The van der Waals surface area contributed by atoms with Crippen LogP contribution in [0.25, 0.3) is 10.2 Å². The summed E-state index contributed by atoms with van der Waals surface area (Å²) < 4.78 is 1.02. The minimum atomic E-state index is -0.0197. The van der Waals surface area contributed by atoms with Crippen LogP contribution in [0, 0.1) is 11.8 Å². The Kier molecular flexibility index (Phi) is 4.42. The van der Waals surface area contributed by atoms with Gasteiger partial charge in [-0.1, -0.05) is 24.4 Å². The third kappa shape index (κ3) is 2.91. The summed E-state index contributed by atoms with van der Waals surface area (Å²) in [7, 11) is 0. The van der Waals surface area contributed by atoms with Gasteiger partial charge in [0.15, 0.2) is 0 Å². The third-order valence-corrected chi connectivity index (χ3v) is 5.36. The summed E-state index contributed by atoms with van der Waals surface area (Å²) in [5.41, 5.74) is 8.97. The molecular formula is C15H18ClN3OS. The third-order valence-electron chi connectivity index (χ3n) is 4.25. The maximum absolute atomic E-state index is 12.6. The number of nitrogens with two attached hydrogens (primary N) is 1. The highest BCUT2D eigenvalue weighted by atomic mass is 35.5. The van der Waals surface area contributed by atoms with Crippen LogP contribution in [-0.4, -0.2) is 17.4 Å². The Bertz CT molecular complexity index is 657. The molecule has 0 radical (unpaired) electrons. The van der Waals surface area contributed by atoms with Crippen molar-refractivity contribution < 1.29 is 4.79 Å². The molecule has 6 heteroatoms. The van der Waals surface area contributed by atoms with E-state index in [-0.39, 0.29) is 17.7 Å². The number of hydrogen-bond acceptors (Lipinski definition) is 4. The number of carbonyl (C=O) groups excluding carboxylic acids is 1. The second-order valence-corrected chi connectivity index (χ2v) is 6.79. The van der Waals surface area contributed by atoms with Gasteiger partial charge >= 0.3 is 0 Å². The number of anilines is 1. The van der Waals surface area contributed by atoms with Crippen molar-refractivity contribution in [3.8, 4) is 0 Å². The van der Waals surface area contributed by atoms with Crippen molar-refractivity contribution >= 4 is 44.7 Å². The van der Waals surface area contributed by atoms with Crippen LogP contribution in [0.5, 0.6) is 0 Å². The molecule has 1 heterocycles. The van der Waals surface area contributed by atoms with Crippen LogP contribution in [0.2, 0.25) is 5.02 Å². The molecule has 2 aromatic rings. The Balaban J connectivity index is 1.85. The molecule has 0 saturated heterocycles. The monoisotopic (exact) mass is 323 g/mol. The van der Waals surface area contributed by atoms with Crippen molar-refractivity contribution in [3.63, 3.8) is 0 Å². The number of thiazole rings is 1. The van der Waals surface area contributed by atoms with E-state index in [0.717, 1.165) is 35.9 Å². The maximum Gasteiger partial charge on any atom is 0.227 e. The van der Waals surface area contributed by atoms with E-state index in [0.29, 0.717) is 17.3 Å². The van der Waals surface area contributed by atoms with Gasteiger partial charge in [-0.2, -0.15) is 0 Å². The zero-order chi connectivity index (χ0) is 14.8. The van der Waals surface area contributed by atoms with Gasteiger partial charge in [0.05, 0.1) is 20.9 Å². The first kappa shape index (κ1) is 14.8. The number of nitrogens with zero attached hydrogens (tertiary/aromatic N) is 1. The molecule has 0 spiro atoms. The average Bonchev–Trinajstić information content (AvgIpc) is 2.98. The number of hydrogen-bond donors (Lipinski definition) is 2. The smallest absolute Gasteiger partial charge is 0.227 e. The van der Waals surface area contributed by atoms with E-state index in [1.54, 1.807) is 11.6 Å². The molecular weight excluding hydrogens is 306 g/mol. The number of carbonyl (C=O) groups is 1. The zero-order valence-corrected chi connectivity index (χ0v) is 13.2. The van der Waals surface area contributed by atoms with E-state index in [2.05, 4.69) is 10.3 Å². The number of rotatable bonds is 3. The van der Waals surface area contributed by atoms with E-state index in [9.17, 15) is 4.79 Å². The summed E-state index contributed by atoms with van der Waals surface area (Å²) in [6.07, 6.45) is 4.18. The molecule has 1 aromatic carbocycles. The SMILES string of the molecule is NCC1CCCCC1C(=O)Nc1c(Cl)ccc2scnc12. The van der Waals surface area contributed by atoms with E-state index in [1.165, 1.54) is 11.3 Å². The van der Waals surface area contributed by atoms with Gasteiger partial charge in [-0.3, -0.25) is 4.79 Å². The van der Waals surface area contributed by atoms with Gasteiger partial charge in [-0.25, -0.2) is 4.98 Å². The number of amides is 1. The number of nitrogens with one attached hydrogen (secondary N) is 1. The lowest BCUT2D eigenvalue weighted by molar-refractivity contribution is -0.122. The standard InChI is InChI=1S/C15H18ClN3OS/c16-11-5-6-12-14(18-8-21-12)13(11)19-15(20)10-4-2-1-3-9(10)7-17/h5-6,8-10H,1-4,7,17H2,(H,19,20). The topological polar surface area (TPSA) is 68.0 Å². The molecule has 21 heavy (non-hydrogen) atoms. The lowest BCUT2D eigenvalue weighted by Gasteiger charge is -2.29. The second kappa shape index (κ2) is 6.30. The fourth-order valence-corrected chi connectivity index (χ4v) is 3.96. The van der Waals surface area contributed by atoms with Crippen molar-refractivity contribution in [2.24, 2.45) is 17.6 Å². The molecule has 0 bridgehead atoms. The molecule has 0 aliphatic heterocycles. The van der Waals surface area contributed by atoms with Gasteiger partial charge in [0.1, 0.15) is 5.52 Å². The summed E-state index contributed by atoms with van der Waals surface area (Å²) in [4.78, 5) is 16.9. The molecule has 3 N–H and O–H groups in total. The molecule has 1 fully saturated rings. The highest BCUT2D eigenvalue weighted by molar-refractivity contribution is 7.16.